The number of hydrogen-bond donors (Lipinski definition) is 0. The maximum Gasteiger partial charge on any atom is 0.0991 e. The van der Waals surface area contributed by atoms with Gasteiger partial charge in [0.15, 0.2) is 0 Å². The zero-order valence-corrected chi connectivity index (χ0v) is 27.7. The topological polar surface area (TPSA) is 41.6 Å². The summed E-state index contributed by atoms with van der Waals surface area (Å²) in [4.78, 5) is 5.15. The molecule has 0 unspecified atom stereocenters. The normalized spacial score (nSPS) is 11.1. The highest BCUT2D eigenvalue weighted by Crippen LogP contribution is 2.38. The zero-order chi connectivity index (χ0) is 34.1. The molecular formula is C48H31N3. The maximum absolute atomic E-state index is 9.49. The molecule has 0 saturated carbocycles. The van der Waals surface area contributed by atoms with Crippen molar-refractivity contribution < 1.29 is 0 Å². The van der Waals surface area contributed by atoms with Gasteiger partial charge in [-0.15, -0.1) is 0 Å². The van der Waals surface area contributed by atoms with Crippen LogP contribution in [0.4, 0.5) is 0 Å². The number of benzene rings is 7. The second kappa shape index (κ2) is 12.8. The Balaban J connectivity index is 1.24. The van der Waals surface area contributed by atoms with Crippen LogP contribution in [0.25, 0.3) is 83.4 Å². The van der Waals surface area contributed by atoms with E-state index in [9.17, 15) is 5.26 Å². The van der Waals surface area contributed by atoms with Gasteiger partial charge in [0.1, 0.15) is 0 Å². The number of pyridine rings is 1. The molecule has 3 heteroatoms. The van der Waals surface area contributed by atoms with Crippen molar-refractivity contribution in [2.75, 3.05) is 0 Å². The molecule has 0 aliphatic carbocycles. The van der Waals surface area contributed by atoms with E-state index >= 15 is 0 Å². The summed E-state index contributed by atoms with van der Waals surface area (Å²) in [6.45, 7) is 0. The first-order valence-corrected chi connectivity index (χ1v) is 17.1. The number of nitriles is 1. The van der Waals surface area contributed by atoms with Gasteiger partial charge in [0.05, 0.1) is 34.1 Å². The monoisotopic (exact) mass is 649 g/mol. The quantitative estimate of drug-likeness (QED) is 0.180. The maximum atomic E-state index is 9.49. The molecule has 0 aliphatic heterocycles. The molecule has 2 aromatic heterocycles. The summed E-state index contributed by atoms with van der Waals surface area (Å²) in [5.74, 6) is 0. The predicted molar refractivity (Wildman–Crippen MR) is 210 cm³/mol. The van der Waals surface area contributed by atoms with E-state index in [0.29, 0.717) is 5.56 Å². The molecule has 0 amide bonds. The van der Waals surface area contributed by atoms with Crippen molar-refractivity contribution in [2.45, 2.75) is 0 Å². The summed E-state index contributed by atoms with van der Waals surface area (Å²) in [6.07, 6.45) is 0. The second-order valence-corrected chi connectivity index (χ2v) is 12.8. The molecular weight excluding hydrogens is 619 g/mol. The summed E-state index contributed by atoms with van der Waals surface area (Å²) in [6, 6.07) is 68.0. The molecule has 51 heavy (non-hydrogen) atoms. The van der Waals surface area contributed by atoms with Crippen molar-refractivity contribution in [1.29, 1.82) is 5.26 Å². The van der Waals surface area contributed by atoms with Gasteiger partial charge < -0.3 is 4.57 Å². The largest absolute Gasteiger partial charge is 0.309 e. The van der Waals surface area contributed by atoms with Crippen LogP contribution >= 0.6 is 0 Å². The van der Waals surface area contributed by atoms with Gasteiger partial charge >= 0.3 is 0 Å². The fourth-order valence-electron chi connectivity index (χ4n) is 7.07. The lowest BCUT2D eigenvalue weighted by molar-refractivity contribution is 1.18. The third kappa shape index (κ3) is 5.65. The Labute approximate surface area is 297 Å². The van der Waals surface area contributed by atoms with Crippen molar-refractivity contribution in [3.05, 3.63) is 194 Å². The number of rotatable bonds is 6. The van der Waals surface area contributed by atoms with Gasteiger partial charge in [-0.25, -0.2) is 4.98 Å². The Morgan fingerprint density at radius 2 is 0.902 bits per heavy atom. The van der Waals surface area contributed by atoms with Crippen LogP contribution in [0.1, 0.15) is 5.56 Å². The lowest BCUT2D eigenvalue weighted by atomic mass is 9.98. The van der Waals surface area contributed by atoms with E-state index in [1.165, 1.54) is 27.5 Å². The highest BCUT2D eigenvalue weighted by Gasteiger charge is 2.16. The molecule has 0 fully saturated rings. The highest BCUT2D eigenvalue weighted by molar-refractivity contribution is 6.10. The van der Waals surface area contributed by atoms with Gasteiger partial charge in [-0.3, -0.25) is 0 Å². The molecule has 0 spiro atoms. The average Bonchev–Trinajstić information content (AvgIpc) is 3.55. The molecule has 0 atom stereocenters. The van der Waals surface area contributed by atoms with Crippen LogP contribution in [0.15, 0.2) is 188 Å². The standard InChI is InChI=1S/C48H31N3/c49-32-33-18-20-37(21-19-33)40-28-41(46-16-9-15-45(50-46)38-12-5-2-6-13-38)30-42(29-40)51-47-17-8-7-14-43(47)44-27-26-39(31-48(44)51)36-24-22-35(23-25-36)34-10-3-1-4-11-34/h1-31H. The van der Waals surface area contributed by atoms with Gasteiger partial charge in [0, 0.05) is 27.6 Å². The van der Waals surface area contributed by atoms with E-state index in [2.05, 4.69) is 150 Å². The molecule has 3 nitrogen and oxygen atoms in total. The zero-order valence-electron chi connectivity index (χ0n) is 27.7. The van der Waals surface area contributed by atoms with E-state index in [1.54, 1.807) is 0 Å². The molecule has 0 N–H and O–H groups in total. The van der Waals surface area contributed by atoms with Crippen molar-refractivity contribution in [3.63, 3.8) is 0 Å². The SMILES string of the molecule is N#Cc1ccc(-c2cc(-c3cccc(-c4ccccc4)n3)cc(-n3c4ccccc4c4ccc(-c5ccc(-c6ccccc6)cc5)cc43)c2)cc1. The van der Waals surface area contributed by atoms with Gasteiger partial charge in [0.2, 0.25) is 0 Å². The number of nitrogens with zero attached hydrogens (tertiary/aromatic N) is 3. The first kappa shape index (κ1) is 30.1. The fraction of sp³-hybridized carbons (Fsp3) is 0. The van der Waals surface area contributed by atoms with Crippen LogP contribution in [-0.4, -0.2) is 9.55 Å². The van der Waals surface area contributed by atoms with E-state index in [1.807, 2.05) is 48.5 Å². The lowest BCUT2D eigenvalue weighted by Gasteiger charge is -2.15. The van der Waals surface area contributed by atoms with Crippen LogP contribution in [0, 0.1) is 11.3 Å². The minimum atomic E-state index is 0.638. The van der Waals surface area contributed by atoms with Crippen LogP contribution < -0.4 is 0 Å². The van der Waals surface area contributed by atoms with Crippen LogP contribution in [0.3, 0.4) is 0 Å². The van der Waals surface area contributed by atoms with E-state index in [4.69, 9.17) is 4.98 Å². The molecule has 0 radical (unpaired) electrons. The lowest BCUT2D eigenvalue weighted by Crippen LogP contribution is -1.97. The molecule has 0 aliphatic rings. The van der Waals surface area contributed by atoms with Crippen molar-refractivity contribution >= 4 is 21.8 Å². The Bertz CT molecular complexity index is 2720. The molecule has 0 saturated heterocycles. The second-order valence-electron chi connectivity index (χ2n) is 12.8. The molecule has 2 heterocycles. The average molecular weight is 650 g/mol. The third-order valence-corrected chi connectivity index (χ3v) is 9.64. The third-order valence-electron chi connectivity index (χ3n) is 9.64. The summed E-state index contributed by atoms with van der Waals surface area (Å²) in [5, 5.41) is 11.9. The minimum Gasteiger partial charge on any atom is -0.309 e. The summed E-state index contributed by atoms with van der Waals surface area (Å²) >= 11 is 0. The van der Waals surface area contributed by atoms with E-state index < -0.39 is 0 Å². The Morgan fingerprint density at radius 1 is 0.373 bits per heavy atom. The summed E-state index contributed by atoms with van der Waals surface area (Å²) in [7, 11) is 0. The minimum absolute atomic E-state index is 0.638. The summed E-state index contributed by atoms with van der Waals surface area (Å²) < 4.78 is 2.38. The number of para-hydroxylation sites is 1. The van der Waals surface area contributed by atoms with Crippen molar-refractivity contribution in [2.24, 2.45) is 0 Å². The first-order valence-electron chi connectivity index (χ1n) is 17.1. The molecule has 7 aromatic carbocycles. The Hall–Kier alpha value is -7.02. The van der Waals surface area contributed by atoms with Crippen molar-refractivity contribution in [3.8, 4) is 67.7 Å². The molecule has 9 rings (SSSR count). The molecule has 0 bridgehead atoms. The molecule has 9 aromatic rings. The predicted octanol–water partition coefficient (Wildman–Crippen LogP) is 12.4. The number of fused-ring (bicyclic) bond motifs is 3. The van der Waals surface area contributed by atoms with Gasteiger partial charge in [0.25, 0.3) is 0 Å². The van der Waals surface area contributed by atoms with Gasteiger partial charge in [-0.1, -0.05) is 133 Å². The first-order chi connectivity index (χ1) is 25.2. The van der Waals surface area contributed by atoms with Crippen LogP contribution in [-0.2, 0) is 0 Å². The van der Waals surface area contributed by atoms with E-state index in [-0.39, 0.29) is 0 Å². The van der Waals surface area contributed by atoms with Crippen molar-refractivity contribution in [1.82, 2.24) is 9.55 Å². The van der Waals surface area contributed by atoms with Gasteiger partial charge in [-0.05, 0) is 88.0 Å². The van der Waals surface area contributed by atoms with Gasteiger partial charge in [-0.2, -0.15) is 5.26 Å². The van der Waals surface area contributed by atoms with Crippen LogP contribution in [0.2, 0.25) is 0 Å². The Morgan fingerprint density at radius 3 is 1.63 bits per heavy atom. The highest BCUT2D eigenvalue weighted by atomic mass is 15.0. The molecule has 238 valence electrons. The number of aromatic nitrogens is 2. The fourth-order valence-corrected chi connectivity index (χ4v) is 7.07. The number of hydrogen-bond acceptors (Lipinski definition) is 2. The smallest absolute Gasteiger partial charge is 0.0991 e. The van der Waals surface area contributed by atoms with Crippen LogP contribution in [0.5, 0.6) is 0 Å². The van der Waals surface area contributed by atoms with E-state index in [0.717, 1.165) is 55.9 Å². The summed E-state index contributed by atoms with van der Waals surface area (Å²) in [5.41, 5.74) is 14.7. The Kier molecular flexibility index (Phi) is 7.54.